The van der Waals surface area contributed by atoms with Gasteiger partial charge in [0.05, 0.1) is 16.4 Å². The highest BCUT2D eigenvalue weighted by molar-refractivity contribution is 7.89. The molecule has 0 spiro atoms. The number of carbonyl (C=O) groups is 1. The van der Waals surface area contributed by atoms with Crippen LogP contribution in [0.15, 0.2) is 23.1 Å². The van der Waals surface area contributed by atoms with Crippen LogP contribution in [-0.2, 0) is 14.8 Å². The molecule has 1 aliphatic heterocycles. The summed E-state index contributed by atoms with van der Waals surface area (Å²) in [5.41, 5.74) is -0.119. The lowest BCUT2D eigenvalue weighted by Gasteiger charge is -2.23. The summed E-state index contributed by atoms with van der Waals surface area (Å²) in [7, 11) is -2.21. The number of carbonyl (C=O) groups excluding carboxylic acids is 1. The molecular formula is C17H26N4O5S. The number of nitro benzene ring substituents is 1. The van der Waals surface area contributed by atoms with Crippen LogP contribution in [0.25, 0.3) is 0 Å². The third-order valence-electron chi connectivity index (χ3n) is 4.73. The zero-order chi connectivity index (χ0) is 20.2. The minimum Gasteiger partial charge on any atom is -0.360 e. The molecule has 2 rings (SSSR count). The van der Waals surface area contributed by atoms with E-state index in [-0.39, 0.29) is 41.8 Å². The third kappa shape index (κ3) is 4.56. The molecule has 0 aliphatic carbocycles. The van der Waals surface area contributed by atoms with Crippen molar-refractivity contribution in [3.05, 3.63) is 28.3 Å². The van der Waals surface area contributed by atoms with E-state index in [4.69, 9.17) is 0 Å². The van der Waals surface area contributed by atoms with Gasteiger partial charge in [-0.3, -0.25) is 14.9 Å². The molecule has 0 bridgehead atoms. The number of likely N-dealkylation sites (tertiary alicyclic amines) is 1. The van der Waals surface area contributed by atoms with Crippen molar-refractivity contribution in [1.82, 2.24) is 9.21 Å². The molecule has 0 radical (unpaired) electrons. The Kier molecular flexibility index (Phi) is 6.77. The molecule has 0 aromatic heterocycles. The summed E-state index contributed by atoms with van der Waals surface area (Å²) in [5, 5.41) is 11.5. The molecule has 1 heterocycles. The van der Waals surface area contributed by atoms with E-state index >= 15 is 0 Å². The second kappa shape index (κ2) is 8.66. The number of amides is 1. The van der Waals surface area contributed by atoms with E-state index in [1.165, 1.54) is 21.3 Å². The summed E-state index contributed by atoms with van der Waals surface area (Å²) < 4.78 is 26.5. The van der Waals surface area contributed by atoms with E-state index in [0.717, 1.165) is 18.9 Å². The van der Waals surface area contributed by atoms with Crippen LogP contribution >= 0.6 is 0 Å². The second-order valence-corrected chi connectivity index (χ2v) is 8.38. The third-order valence-corrected chi connectivity index (χ3v) is 6.78. The molecule has 1 fully saturated rings. The summed E-state index contributed by atoms with van der Waals surface area (Å²) in [5.74, 6) is -0.0934. The number of nitrogens with zero attached hydrogens (tertiary/aromatic N) is 4. The van der Waals surface area contributed by atoms with Gasteiger partial charge in [0.15, 0.2) is 0 Å². The quantitative estimate of drug-likeness (QED) is 0.487. The molecule has 1 aliphatic rings. The number of anilines is 1. The highest BCUT2D eigenvalue weighted by atomic mass is 32.2. The fraction of sp³-hybridized carbons (Fsp3) is 0.588. The molecule has 0 N–H and O–H groups in total. The lowest BCUT2D eigenvalue weighted by atomic mass is 10.2. The molecule has 1 amide bonds. The zero-order valence-corrected chi connectivity index (χ0v) is 16.7. The van der Waals surface area contributed by atoms with E-state index in [1.807, 2.05) is 0 Å². The fourth-order valence-corrected chi connectivity index (χ4v) is 4.68. The van der Waals surface area contributed by atoms with Crippen molar-refractivity contribution in [2.24, 2.45) is 0 Å². The predicted octanol–water partition coefficient (Wildman–Crippen LogP) is 1.68. The van der Waals surface area contributed by atoms with E-state index in [0.29, 0.717) is 13.1 Å². The highest BCUT2D eigenvalue weighted by Crippen LogP contribution is 2.31. The molecule has 27 heavy (non-hydrogen) atoms. The number of nitro groups is 1. The van der Waals surface area contributed by atoms with Crippen molar-refractivity contribution < 1.29 is 18.1 Å². The Morgan fingerprint density at radius 1 is 1.22 bits per heavy atom. The maximum atomic E-state index is 12.6. The molecular weight excluding hydrogens is 372 g/mol. The Labute approximate surface area is 159 Å². The number of hydrogen-bond donors (Lipinski definition) is 0. The molecule has 1 aromatic carbocycles. The minimum absolute atomic E-state index is 0.00296. The van der Waals surface area contributed by atoms with E-state index in [2.05, 4.69) is 0 Å². The van der Waals surface area contributed by atoms with Gasteiger partial charge in [0.2, 0.25) is 15.9 Å². The molecule has 0 atom stereocenters. The van der Waals surface area contributed by atoms with Crippen LogP contribution < -0.4 is 4.90 Å². The molecule has 0 saturated carbocycles. The van der Waals surface area contributed by atoms with Crippen LogP contribution in [0.5, 0.6) is 0 Å². The first-order valence-electron chi connectivity index (χ1n) is 8.99. The van der Waals surface area contributed by atoms with E-state index < -0.39 is 14.9 Å². The number of benzene rings is 1. The summed E-state index contributed by atoms with van der Waals surface area (Å²) in [6.45, 7) is 5.38. The van der Waals surface area contributed by atoms with Gasteiger partial charge in [0.1, 0.15) is 5.69 Å². The van der Waals surface area contributed by atoms with Crippen LogP contribution in [-0.4, -0.2) is 68.2 Å². The molecule has 10 heteroatoms. The molecule has 1 saturated heterocycles. The number of hydrogen-bond acceptors (Lipinski definition) is 6. The Bertz CT molecular complexity index is 802. The predicted molar refractivity (Wildman–Crippen MR) is 102 cm³/mol. The van der Waals surface area contributed by atoms with Crippen LogP contribution in [0.4, 0.5) is 11.4 Å². The van der Waals surface area contributed by atoms with E-state index in [1.54, 1.807) is 25.8 Å². The van der Waals surface area contributed by atoms with Crippen molar-refractivity contribution in [2.75, 3.05) is 44.7 Å². The molecule has 1 aromatic rings. The van der Waals surface area contributed by atoms with Crippen molar-refractivity contribution in [2.45, 2.75) is 31.6 Å². The summed E-state index contributed by atoms with van der Waals surface area (Å²) in [6.07, 6.45) is 1.93. The van der Waals surface area contributed by atoms with Gasteiger partial charge in [0.25, 0.3) is 5.69 Å². The first kappa shape index (κ1) is 21.1. The van der Waals surface area contributed by atoms with E-state index in [9.17, 15) is 23.3 Å². The Morgan fingerprint density at radius 2 is 1.81 bits per heavy atom. The standard InChI is InChI=1S/C17H26N4O5S/c1-4-20(5-2)27(25,26)14-8-9-15(16(12-14)21(23)24)18(3)13-17(22)19-10-6-7-11-19/h8-9,12H,4-7,10-11,13H2,1-3H3. The SMILES string of the molecule is CCN(CC)S(=O)(=O)c1ccc(N(C)CC(=O)N2CCCC2)c([N+](=O)[O-])c1. The Balaban J connectivity index is 2.32. The molecule has 0 unspecified atom stereocenters. The van der Waals surface area contributed by atoms with Gasteiger partial charge in [0, 0.05) is 39.3 Å². The minimum atomic E-state index is -3.80. The normalized spacial score (nSPS) is 14.6. The average Bonchev–Trinajstić information content (AvgIpc) is 3.16. The average molecular weight is 398 g/mol. The summed E-state index contributed by atoms with van der Waals surface area (Å²) in [4.78, 5) is 26.3. The van der Waals surface area contributed by atoms with Gasteiger partial charge in [-0.1, -0.05) is 13.8 Å². The van der Waals surface area contributed by atoms with Gasteiger partial charge in [-0.15, -0.1) is 0 Å². The fourth-order valence-electron chi connectivity index (χ4n) is 3.20. The Hall–Kier alpha value is -2.20. The van der Waals surface area contributed by atoms with Gasteiger partial charge in [-0.2, -0.15) is 4.31 Å². The van der Waals surface area contributed by atoms with Crippen LogP contribution in [0.3, 0.4) is 0 Å². The summed E-state index contributed by atoms with van der Waals surface area (Å²) in [6, 6.07) is 3.82. The number of likely N-dealkylation sites (N-methyl/N-ethyl adjacent to an activating group) is 1. The monoisotopic (exact) mass is 398 g/mol. The van der Waals surface area contributed by atoms with Crippen LogP contribution in [0.2, 0.25) is 0 Å². The molecule has 9 nitrogen and oxygen atoms in total. The van der Waals surface area contributed by atoms with Crippen molar-refractivity contribution in [1.29, 1.82) is 0 Å². The Morgan fingerprint density at radius 3 is 2.33 bits per heavy atom. The largest absolute Gasteiger partial charge is 0.360 e. The highest BCUT2D eigenvalue weighted by Gasteiger charge is 2.28. The van der Waals surface area contributed by atoms with Gasteiger partial charge in [-0.05, 0) is 25.0 Å². The smallest absolute Gasteiger partial charge is 0.293 e. The van der Waals surface area contributed by atoms with Gasteiger partial charge >= 0.3 is 0 Å². The number of rotatable bonds is 8. The van der Waals surface area contributed by atoms with Crippen molar-refractivity contribution in [3.63, 3.8) is 0 Å². The van der Waals surface area contributed by atoms with Gasteiger partial charge < -0.3 is 9.80 Å². The second-order valence-electron chi connectivity index (χ2n) is 6.44. The zero-order valence-electron chi connectivity index (χ0n) is 15.9. The van der Waals surface area contributed by atoms with Crippen molar-refractivity contribution in [3.8, 4) is 0 Å². The lowest BCUT2D eigenvalue weighted by molar-refractivity contribution is -0.384. The summed E-state index contributed by atoms with van der Waals surface area (Å²) >= 11 is 0. The first-order valence-corrected chi connectivity index (χ1v) is 10.4. The lowest BCUT2D eigenvalue weighted by Crippen LogP contribution is -2.37. The maximum absolute atomic E-state index is 12.6. The van der Waals surface area contributed by atoms with Crippen LogP contribution in [0.1, 0.15) is 26.7 Å². The molecule has 150 valence electrons. The first-order chi connectivity index (χ1) is 12.7. The maximum Gasteiger partial charge on any atom is 0.293 e. The topological polar surface area (TPSA) is 104 Å². The van der Waals surface area contributed by atoms with Crippen LogP contribution in [0, 0.1) is 10.1 Å². The number of sulfonamides is 1. The van der Waals surface area contributed by atoms with Crippen molar-refractivity contribution >= 4 is 27.3 Å². The van der Waals surface area contributed by atoms with Gasteiger partial charge in [-0.25, -0.2) is 8.42 Å².